The van der Waals surface area contributed by atoms with Crippen molar-refractivity contribution in [3.05, 3.63) is 90.0 Å². The van der Waals surface area contributed by atoms with Crippen LogP contribution in [0.3, 0.4) is 0 Å². The second-order valence-corrected chi connectivity index (χ2v) is 6.37. The standard InChI is InChI=1S/C22H23N3/c1-19-24-15-17-25(19)16-9-8-14-22(18-23,20-10-4-2-5-11-20)21-12-6-3-7-13-21/h2-7,10-13,15,17H,8-9,14,16H2,1H3. The minimum absolute atomic E-state index is 0.591. The zero-order valence-electron chi connectivity index (χ0n) is 14.6. The van der Waals surface area contributed by atoms with Crippen molar-refractivity contribution in [2.45, 2.75) is 38.1 Å². The van der Waals surface area contributed by atoms with Crippen molar-refractivity contribution in [2.75, 3.05) is 0 Å². The van der Waals surface area contributed by atoms with E-state index in [0.717, 1.165) is 42.8 Å². The van der Waals surface area contributed by atoms with Crippen LogP contribution in [-0.4, -0.2) is 9.55 Å². The van der Waals surface area contributed by atoms with Crippen LogP contribution in [0.2, 0.25) is 0 Å². The Morgan fingerprint density at radius 2 is 1.56 bits per heavy atom. The number of benzene rings is 2. The van der Waals surface area contributed by atoms with Crippen LogP contribution in [0.25, 0.3) is 0 Å². The zero-order chi connectivity index (χ0) is 17.5. The van der Waals surface area contributed by atoms with E-state index < -0.39 is 5.41 Å². The third kappa shape index (κ3) is 3.64. The highest BCUT2D eigenvalue weighted by atomic mass is 15.0. The summed E-state index contributed by atoms with van der Waals surface area (Å²) in [6.07, 6.45) is 6.67. The fourth-order valence-electron chi connectivity index (χ4n) is 3.40. The lowest BCUT2D eigenvalue weighted by Gasteiger charge is -2.28. The van der Waals surface area contributed by atoms with Gasteiger partial charge in [0.25, 0.3) is 0 Å². The molecule has 0 fully saturated rings. The van der Waals surface area contributed by atoms with E-state index in [0.29, 0.717) is 0 Å². The highest BCUT2D eigenvalue weighted by molar-refractivity contribution is 5.45. The molecule has 1 heterocycles. The number of rotatable bonds is 7. The average Bonchev–Trinajstić information content (AvgIpc) is 3.08. The molecule has 0 radical (unpaired) electrons. The first-order chi connectivity index (χ1) is 12.3. The van der Waals surface area contributed by atoms with Crippen molar-refractivity contribution in [3.8, 4) is 6.07 Å². The molecule has 3 aromatic rings. The summed E-state index contributed by atoms with van der Waals surface area (Å²) >= 11 is 0. The van der Waals surface area contributed by atoms with E-state index in [-0.39, 0.29) is 0 Å². The number of nitrogens with zero attached hydrogens (tertiary/aromatic N) is 3. The molecule has 0 atom stereocenters. The van der Waals surface area contributed by atoms with Gasteiger partial charge >= 0.3 is 0 Å². The molecule has 0 bridgehead atoms. The maximum absolute atomic E-state index is 10.1. The molecular formula is C22H23N3. The molecule has 126 valence electrons. The predicted octanol–water partition coefficient (Wildman–Crippen LogP) is 4.87. The summed E-state index contributed by atoms with van der Waals surface area (Å²) in [5, 5.41) is 10.1. The van der Waals surface area contributed by atoms with Gasteiger partial charge in [0.1, 0.15) is 11.2 Å². The highest BCUT2D eigenvalue weighted by Crippen LogP contribution is 2.36. The second kappa shape index (κ2) is 7.81. The lowest BCUT2D eigenvalue weighted by Crippen LogP contribution is -2.26. The molecule has 3 rings (SSSR count). The van der Waals surface area contributed by atoms with E-state index in [1.54, 1.807) is 0 Å². The number of hydrogen-bond acceptors (Lipinski definition) is 2. The van der Waals surface area contributed by atoms with Crippen molar-refractivity contribution in [2.24, 2.45) is 0 Å². The topological polar surface area (TPSA) is 41.6 Å². The van der Waals surface area contributed by atoms with Crippen LogP contribution < -0.4 is 0 Å². The smallest absolute Gasteiger partial charge is 0.107 e. The molecule has 0 N–H and O–H groups in total. The monoisotopic (exact) mass is 329 g/mol. The number of hydrogen-bond donors (Lipinski definition) is 0. The molecule has 0 unspecified atom stereocenters. The molecule has 0 saturated heterocycles. The first-order valence-corrected chi connectivity index (χ1v) is 8.76. The summed E-state index contributed by atoms with van der Waals surface area (Å²) in [6.45, 7) is 2.96. The SMILES string of the molecule is Cc1nccn1CCCCC(C#N)(c1ccccc1)c1ccccc1. The maximum Gasteiger partial charge on any atom is 0.107 e. The third-order valence-electron chi connectivity index (χ3n) is 4.85. The van der Waals surface area contributed by atoms with Crippen LogP contribution in [-0.2, 0) is 12.0 Å². The lowest BCUT2D eigenvalue weighted by molar-refractivity contribution is 0.509. The zero-order valence-corrected chi connectivity index (χ0v) is 14.6. The normalized spacial score (nSPS) is 11.2. The number of aromatic nitrogens is 2. The molecular weight excluding hydrogens is 306 g/mol. The van der Waals surface area contributed by atoms with Gasteiger partial charge in [-0.1, -0.05) is 60.7 Å². The second-order valence-electron chi connectivity index (χ2n) is 6.37. The summed E-state index contributed by atoms with van der Waals surface area (Å²) in [5.41, 5.74) is 1.55. The van der Waals surface area contributed by atoms with Crippen LogP contribution in [0.1, 0.15) is 36.2 Å². The van der Waals surface area contributed by atoms with Gasteiger partial charge in [-0.3, -0.25) is 0 Å². The fraction of sp³-hybridized carbons (Fsp3) is 0.273. The maximum atomic E-state index is 10.1. The number of aryl methyl sites for hydroxylation is 2. The quantitative estimate of drug-likeness (QED) is 0.580. The van der Waals surface area contributed by atoms with Crippen molar-refractivity contribution < 1.29 is 0 Å². The fourth-order valence-corrected chi connectivity index (χ4v) is 3.40. The number of nitriles is 1. The first-order valence-electron chi connectivity index (χ1n) is 8.76. The van der Waals surface area contributed by atoms with Crippen molar-refractivity contribution in [1.29, 1.82) is 5.26 Å². The van der Waals surface area contributed by atoms with E-state index in [4.69, 9.17) is 0 Å². The van der Waals surface area contributed by atoms with Crippen molar-refractivity contribution in [1.82, 2.24) is 9.55 Å². The van der Waals surface area contributed by atoms with Gasteiger partial charge in [-0.05, 0) is 37.3 Å². The predicted molar refractivity (Wildman–Crippen MR) is 100 cm³/mol. The summed E-state index contributed by atoms with van der Waals surface area (Å²) in [6, 6.07) is 22.9. The molecule has 0 spiro atoms. The molecule has 0 aliphatic heterocycles. The van der Waals surface area contributed by atoms with Crippen LogP contribution in [0, 0.1) is 18.3 Å². The molecule has 0 aliphatic carbocycles. The molecule has 2 aromatic carbocycles. The van der Waals surface area contributed by atoms with E-state index >= 15 is 0 Å². The van der Waals surface area contributed by atoms with Crippen LogP contribution in [0.15, 0.2) is 73.1 Å². The highest BCUT2D eigenvalue weighted by Gasteiger charge is 2.33. The Kier molecular flexibility index (Phi) is 5.30. The third-order valence-corrected chi connectivity index (χ3v) is 4.85. The van der Waals surface area contributed by atoms with Crippen LogP contribution >= 0.6 is 0 Å². The van der Waals surface area contributed by atoms with Crippen LogP contribution in [0.4, 0.5) is 0 Å². The Morgan fingerprint density at radius 1 is 0.960 bits per heavy atom. The molecule has 3 heteroatoms. The molecule has 3 nitrogen and oxygen atoms in total. The van der Waals surface area contributed by atoms with E-state index in [2.05, 4.69) is 39.9 Å². The van der Waals surface area contributed by atoms with Gasteiger partial charge in [-0.25, -0.2) is 4.98 Å². The van der Waals surface area contributed by atoms with Gasteiger partial charge in [0.15, 0.2) is 0 Å². The number of unbranched alkanes of at least 4 members (excludes halogenated alkanes) is 1. The molecule has 0 amide bonds. The van der Waals surface area contributed by atoms with Crippen molar-refractivity contribution >= 4 is 0 Å². The Morgan fingerprint density at radius 3 is 2.04 bits per heavy atom. The molecule has 0 aliphatic rings. The van der Waals surface area contributed by atoms with Gasteiger partial charge in [0.2, 0.25) is 0 Å². The Hall–Kier alpha value is -2.86. The molecule has 1 aromatic heterocycles. The summed E-state index contributed by atoms with van der Waals surface area (Å²) < 4.78 is 2.17. The summed E-state index contributed by atoms with van der Waals surface area (Å²) in [4.78, 5) is 4.27. The molecule has 0 saturated carbocycles. The lowest BCUT2D eigenvalue weighted by atomic mass is 9.72. The van der Waals surface area contributed by atoms with Gasteiger partial charge in [-0.2, -0.15) is 5.26 Å². The van der Waals surface area contributed by atoms with Crippen molar-refractivity contribution in [3.63, 3.8) is 0 Å². The van der Waals surface area contributed by atoms with Crippen LogP contribution in [0.5, 0.6) is 0 Å². The van der Waals surface area contributed by atoms with Gasteiger partial charge in [0.05, 0.1) is 6.07 Å². The minimum Gasteiger partial charge on any atom is -0.335 e. The first kappa shape index (κ1) is 17.0. The van der Waals surface area contributed by atoms with E-state index in [9.17, 15) is 5.26 Å². The van der Waals surface area contributed by atoms with E-state index in [1.807, 2.05) is 55.7 Å². The van der Waals surface area contributed by atoms with Gasteiger partial charge in [-0.15, -0.1) is 0 Å². The Bertz CT molecular complexity index is 789. The van der Waals surface area contributed by atoms with Gasteiger partial charge < -0.3 is 4.57 Å². The largest absolute Gasteiger partial charge is 0.335 e. The summed E-state index contributed by atoms with van der Waals surface area (Å²) in [5.74, 6) is 1.04. The Balaban J connectivity index is 1.80. The molecule has 25 heavy (non-hydrogen) atoms. The van der Waals surface area contributed by atoms with E-state index in [1.165, 1.54) is 0 Å². The summed E-state index contributed by atoms with van der Waals surface area (Å²) in [7, 11) is 0. The number of imidazole rings is 1. The minimum atomic E-state index is -0.591. The van der Waals surface area contributed by atoms with Gasteiger partial charge in [0, 0.05) is 18.9 Å². The Labute approximate surface area is 149 Å². The average molecular weight is 329 g/mol.